The number of carboxylic acid groups (broad SMARTS) is 1. The molecule has 5 nitrogen and oxygen atoms in total. The van der Waals surface area contributed by atoms with Gasteiger partial charge in [0.05, 0.1) is 11.8 Å². The van der Waals surface area contributed by atoms with Crippen LogP contribution in [-0.2, 0) is 15.5 Å². The van der Waals surface area contributed by atoms with Gasteiger partial charge in [0.25, 0.3) is 0 Å². The Bertz CT molecular complexity index is 739. The lowest BCUT2D eigenvalue weighted by atomic mass is 9.98. The molecular weight excluding hydrogens is 400 g/mol. The highest BCUT2D eigenvalue weighted by Crippen LogP contribution is 2.32. The maximum absolute atomic E-state index is 14.4. The van der Waals surface area contributed by atoms with E-state index in [1.165, 1.54) is 42.1 Å². The van der Waals surface area contributed by atoms with Gasteiger partial charge in [0.1, 0.15) is 6.10 Å². The van der Waals surface area contributed by atoms with Crippen LogP contribution in [0.3, 0.4) is 0 Å². The van der Waals surface area contributed by atoms with Gasteiger partial charge in [-0.1, -0.05) is 54.6 Å². The normalized spacial score (nSPS) is 19.2. The zero-order chi connectivity index (χ0) is 21.3. The average molecular weight is 425 g/mol. The molecule has 0 radical (unpaired) electrons. The lowest BCUT2D eigenvalue weighted by molar-refractivity contribution is -0.135. The van der Waals surface area contributed by atoms with Gasteiger partial charge in [0, 0.05) is 24.3 Å². The fourth-order valence-corrected chi connectivity index (χ4v) is 3.60. The number of aliphatic carboxylic acids is 1. The van der Waals surface area contributed by atoms with E-state index < -0.39 is 18.0 Å². The van der Waals surface area contributed by atoms with Gasteiger partial charge in [-0.25, -0.2) is 0 Å². The number of carboxylic acids is 1. The first-order valence-corrected chi connectivity index (χ1v) is 10.5. The van der Waals surface area contributed by atoms with Crippen molar-refractivity contribution < 1.29 is 28.6 Å². The molecule has 0 spiro atoms. The molecule has 0 aliphatic carbocycles. The lowest BCUT2D eigenvalue weighted by Crippen LogP contribution is -2.43. The molecule has 1 aromatic rings. The van der Waals surface area contributed by atoms with Crippen molar-refractivity contribution in [2.45, 2.75) is 37.3 Å². The molecule has 0 bridgehead atoms. The molecule has 1 amide bonds. The Morgan fingerprint density at radius 2 is 2.03 bits per heavy atom. The molecule has 1 saturated heterocycles. The maximum atomic E-state index is 14.4. The first kappa shape index (κ1) is 23.1. The van der Waals surface area contributed by atoms with Gasteiger partial charge in [-0.3, -0.25) is 9.59 Å². The summed E-state index contributed by atoms with van der Waals surface area (Å²) < 4.78 is 28.8. The highest BCUT2D eigenvalue weighted by atomic mass is 32.2. The third-order valence-electron chi connectivity index (χ3n) is 4.57. The Balaban J connectivity index is 1.97. The highest BCUT2D eigenvalue weighted by Gasteiger charge is 2.39. The fourth-order valence-electron chi connectivity index (χ4n) is 3.04. The molecule has 8 heteroatoms. The summed E-state index contributed by atoms with van der Waals surface area (Å²) in [7, 11) is 0. The number of nitrogens with zero attached hydrogens (tertiary/aromatic N) is 1. The first-order valence-electron chi connectivity index (χ1n) is 9.36. The number of amides is 1. The third kappa shape index (κ3) is 6.97. The molecule has 29 heavy (non-hydrogen) atoms. The van der Waals surface area contributed by atoms with E-state index in [4.69, 9.17) is 5.11 Å². The molecule has 2 atom stereocenters. The molecule has 0 aromatic heterocycles. The van der Waals surface area contributed by atoms with Crippen molar-refractivity contribution >= 4 is 23.6 Å². The number of thioether (sulfide) groups is 1. The summed E-state index contributed by atoms with van der Waals surface area (Å²) in [5.74, 6) is -3.87. The van der Waals surface area contributed by atoms with Crippen LogP contribution in [0.15, 0.2) is 54.6 Å². The fraction of sp³-hybridized carbons (Fsp3) is 0.429. The lowest BCUT2D eigenvalue weighted by Gasteiger charge is -2.33. The minimum atomic E-state index is -3.43. The number of aliphatic hydroxyl groups excluding tert-OH is 1. The van der Waals surface area contributed by atoms with Gasteiger partial charge in [-0.05, 0) is 12.8 Å². The van der Waals surface area contributed by atoms with Crippen molar-refractivity contribution in [1.29, 1.82) is 0 Å². The van der Waals surface area contributed by atoms with Gasteiger partial charge >= 0.3 is 11.9 Å². The molecule has 0 unspecified atom stereocenters. The second kappa shape index (κ2) is 11.1. The summed E-state index contributed by atoms with van der Waals surface area (Å²) in [5, 5.41) is 18.6. The van der Waals surface area contributed by atoms with Crippen LogP contribution in [0.4, 0.5) is 8.78 Å². The predicted octanol–water partition coefficient (Wildman–Crippen LogP) is 3.45. The van der Waals surface area contributed by atoms with Crippen molar-refractivity contribution in [2.75, 3.05) is 18.1 Å². The summed E-state index contributed by atoms with van der Waals surface area (Å²) >= 11 is 1.24. The molecule has 1 aromatic carbocycles. The van der Waals surface area contributed by atoms with Crippen LogP contribution in [0, 0.1) is 0 Å². The van der Waals surface area contributed by atoms with Crippen molar-refractivity contribution in [3.63, 3.8) is 0 Å². The van der Waals surface area contributed by atoms with Gasteiger partial charge < -0.3 is 15.1 Å². The minimum absolute atomic E-state index is 0.00582. The maximum Gasteiger partial charge on any atom is 0.313 e. The monoisotopic (exact) mass is 425 g/mol. The van der Waals surface area contributed by atoms with E-state index in [0.29, 0.717) is 31.6 Å². The van der Waals surface area contributed by atoms with Gasteiger partial charge in [0.15, 0.2) is 0 Å². The van der Waals surface area contributed by atoms with Crippen LogP contribution in [-0.4, -0.2) is 57.2 Å². The summed E-state index contributed by atoms with van der Waals surface area (Å²) in [6, 6.07) is 6.77. The smallest absolute Gasteiger partial charge is 0.313 e. The number of likely N-dealkylation sites (tertiary alicyclic amines) is 1. The van der Waals surface area contributed by atoms with Crippen LogP contribution in [0.2, 0.25) is 0 Å². The number of rotatable bonds is 10. The van der Waals surface area contributed by atoms with E-state index in [1.54, 1.807) is 23.1 Å². The van der Waals surface area contributed by atoms with Crippen molar-refractivity contribution in [3.8, 4) is 0 Å². The van der Waals surface area contributed by atoms with Crippen molar-refractivity contribution in [1.82, 2.24) is 4.90 Å². The second-order valence-electron chi connectivity index (χ2n) is 6.70. The summed E-state index contributed by atoms with van der Waals surface area (Å²) in [4.78, 5) is 24.3. The van der Waals surface area contributed by atoms with Crippen LogP contribution in [0.1, 0.15) is 24.8 Å². The van der Waals surface area contributed by atoms with Gasteiger partial charge in [-0.2, -0.15) is 8.78 Å². The Morgan fingerprint density at radius 3 is 2.72 bits per heavy atom. The van der Waals surface area contributed by atoms with Crippen LogP contribution >= 0.6 is 11.8 Å². The third-order valence-corrected chi connectivity index (χ3v) is 5.44. The zero-order valence-electron chi connectivity index (χ0n) is 15.9. The van der Waals surface area contributed by atoms with Crippen LogP contribution in [0.25, 0.3) is 0 Å². The first-order chi connectivity index (χ1) is 13.8. The highest BCUT2D eigenvalue weighted by molar-refractivity contribution is 8.00. The average Bonchev–Trinajstić information content (AvgIpc) is 2.70. The molecule has 1 fully saturated rings. The van der Waals surface area contributed by atoms with Crippen molar-refractivity contribution in [3.05, 3.63) is 60.2 Å². The summed E-state index contributed by atoms with van der Waals surface area (Å²) in [5.41, 5.74) is -0.268. The summed E-state index contributed by atoms with van der Waals surface area (Å²) in [6.07, 6.45) is 5.80. The predicted molar refractivity (Wildman–Crippen MR) is 109 cm³/mol. The van der Waals surface area contributed by atoms with Crippen LogP contribution in [0.5, 0.6) is 0 Å². The standard InChI is InChI=1S/C21H25F2NO4S/c22-21(23,16-7-2-1-3-8-16)18(25)12-11-17-9-6-10-19(26)24(17)13-4-5-14-29-15-20(27)28/h1-5,7-8,11-12,17-18,25H,6,9-10,13-15H2,(H,27,28)/t17-,18-/m1/s1. The largest absolute Gasteiger partial charge is 0.481 e. The molecule has 1 aliphatic rings. The van der Waals surface area contributed by atoms with E-state index in [-0.39, 0.29) is 23.3 Å². The second-order valence-corrected chi connectivity index (χ2v) is 7.73. The molecule has 1 heterocycles. The van der Waals surface area contributed by atoms with Gasteiger partial charge in [0.2, 0.25) is 5.91 Å². The number of alkyl halides is 2. The minimum Gasteiger partial charge on any atom is -0.481 e. The zero-order valence-corrected chi connectivity index (χ0v) is 16.7. The molecule has 1 aliphatic heterocycles. The van der Waals surface area contributed by atoms with Crippen molar-refractivity contribution in [2.24, 2.45) is 0 Å². The number of aliphatic hydroxyl groups is 1. The number of halogens is 2. The molecular formula is C21H25F2NO4S. The van der Waals surface area contributed by atoms with E-state index in [1.807, 2.05) is 0 Å². The molecule has 158 valence electrons. The molecule has 2 N–H and O–H groups in total. The SMILES string of the molecule is O=C(O)CSCC=CCN1C(=O)CCC[C@@H]1C=C[C@@H](O)C(F)(F)c1ccccc1. The number of hydrogen-bond donors (Lipinski definition) is 2. The number of carbonyl (C=O) groups is 2. The Kier molecular flexibility index (Phi) is 8.85. The number of carbonyl (C=O) groups excluding carboxylic acids is 1. The number of hydrogen-bond acceptors (Lipinski definition) is 4. The van der Waals surface area contributed by atoms with Crippen LogP contribution < -0.4 is 0 Å². The topological polar surface area (TPSA) is 77.8 Å². The molecule has 0 saturated carbocycles. The Morgan fingerprint density at radius 1 is 1.31 bits per heavy atom. The summed E-state index contributed by atoms with van der Waals surface area (Å²) in [6.45, 7) is 0.312. The Labute approximate surface area is 173 Å². The number of benzene rings is 1. The van der Waals surface area contributed by atoms with E-state index in [9.17, 15) is 23.5 Å². The quantitative estimate of drug-likeness (QED) is 0.444. The van der Waals surface area contributed by atoms with E-state index >= 15 is 0 Å². The van der Waals surface area contributed by atoms with E-state index in [0.717, 1.165) is 6.08 Å². The number of piperidine rings is 1. The molecule has 2 rings (SSSR count). The Hall–Kier alpha value is -2.19. The van der Waals surface area contributed by atoms with Gasteiger partial charge in [-0.15, -0.1) is 11.8 Å². The van der Waals surface area contributed by atoms with E-state index in [2.05, 4.69) is 0 Å².